The molecule has 1 N–H and O–H groups in total. The van der Waals surface area contributed by atoms with Crippen molar-refractivity contribution >= 4 is 22.1 Å². The molecule has 1 fully saturated rings. The molecule has 1 aromatic heterocycles. The van der Waals surface area contributed by atoms with Gasteiger partial charge in [0.1, 0.15) is 0 Å². The van der Waals surface area contributed by atoms with Crippen molar-refractivity contribution in [3.05, 3.63) is 21.9 Å². The Balaban J connectivity index is 1.95. The largest absolute Gasteiger partial charge is 0.395 e. The molecule has 5 heteroatoms. The van der Waals surface area contributed by atoms with Gasteiger partial charge in [-0.2, -0.15) is 0 Å². The zero-order chi connectivity index (χ0) is 12.8. The third-order valence-electron chi connectivity index (χ3n) is 2.84. The number of hydrogen-bond acceptors (Lipinski definition) is 4. The minimum absolute atomic E-state index is 0.115. The summed E-state index contributed by atoms with van der Waals surface area (Å²) in [6.45, 7) is 2.84. The molecule has 0 bridgehead atoms. The molecule has 0 saturated carbocycles. The van der Waals surface area contributed by atoms with Crippen LogP contribution in [0.15, 0.2) is 11.4 Å². The van der Waals surface area contributed by atoms with Gasteiger partial charge in [-0.25, -0.2) is 0 Å². The Morgan fingerprint density at radius 3 is 2.94 bits per heavy atom. The van der Waals surface area contributed by atoms with Crippen LogP contribution in [0.25, 0.3) is 0 Å². The van der Waals surface area contributed by atoms with Crippen LogP contribution in [0.1, 0.15) is 16.9 Å². The molecule has 0 aliphatic carbocycles. The Kier molecular flexibility index (Phi) is 5.39. The number of rotatable bonds is 3. The van der Waals surface area contributed by atoms with Crippen molar-refractivity contribution in [1.82, 2.24) is 4.90 Å². The number of hydrogen-bond donors (Lipinski definition) is 1. The van der Waals surface area contributed by atoms with Crippen molar-refractivity contribution in [2.45, 2.75) is 13.0 Å². The summed E-state index contributed by atoms with van der Waals surface area (Å²) in [6.07, 6.45) is 0.526. The second-order valence-electron chi connectivity index (χ2n) is 4.16. The molecular formula is C13H17NO2S2. The number of aliphatic hydroxyl groups excluding tert-OH is 1. The minimum Gasteiger partial charge on any atom is -0.395 e. The fourth-order valence-electron chi connectivity index (χ4n) is 1.82. The van der Waals surface area contributed by atoms with Gasteiger partial charge in [-0.1, -0.05) is 11.8 Å². The van der Waals surface area contributed by atoms with Gasteiger partial charge < -0.3 is 5.11 Å². The van der Waals surface area contributed by atoms with Crippen LogP contribution in [0.2, 0.25) is 0 Å². The molecule has 3 nitrogen and oxygen atoms in total. The van der Waals surface area contributed by atoms with Crippen molar-refractivity contribution in [1.29, 1.82) is 0 Å². The quantitative estimate of drug-likeness (QED) is 0.843. The van der Waals surface area contributed by atoms with E-state index in [0.717, 1.165) is 36.7 Å². The van der Waals surface area contributed by atoms with Crippen LogP contribution in [0.4, 0.5) is 0 Å². The topological polar surface area (TPSA) is 40.5 Å². The van der Waals surface area contributed by atoms with E-state index in [2.05, 4.69) is 22.1 Å². The minimum atomic E-state index is -0.615. The zero-order valence-electron chi connectivity index (χ0n) is 10.2. The predicted octanol–water partition coefficient (Wildman–Crippen LogP) is 1.05. The van der Waals surface area contributed by atoms with Crippen LogP contribution < -0.4 is 0 Å². The monoisotopic (exact) mass is 283 g/mol. The summed E-state index contributed by atoms with van der Waals surface area (Å²) >= 11 is 1.72. The van der Waals surface area contributed by atoms with Crippen molar-refractivity contribution < 1.29 is 9.32 Å². The average molecular weight is 283 g/mol. The van der Waals surface area contributed by atoms with E-state index in [1.165, 1.54) is 4.88 Å². The molecule has 1 saturated heterocycles. The lowest BCUT2D eigenvalue weighted by atomic mass is 10.2. The SMILES string of the molecule is O=S1CCN(Cc2sccc2C#CCCO)CC1. The maximum Gasteiger partial charge on any atom is 0.0540 e. The summed E-state index contributed by atoms with van der Waals surface area (Å²) in [6, 6.07) is 2.03. The third kappa shape index (κ3) is 3.92. The zero-order valence-corrected chi connectivity index (χ0v) is 11.9. The van der Waals surface area contributed by atoms with Gasteiger partial charge in [-0.3, -0.25) is 9.11 Å². The van der Waals surface area contributed by atoms with Crippen LogP contribution >= 0.6 is 11.3 Å². The number of nitrogens with zero attached hydrogens (tertiary/aromatic N) is 1. The van der Waals surface area contributed by atoms with E-state index >= 15 is 0 Å². The summed E-state index contributed by atoms with van der Waals surface area (Å²) in [5, 5.41) is 10.8. The number of aliphatic hydroxyl groups is 1. The van der Waals surface area contributed by atoms with Crippen LogP contribution in [0.5, 0.6) is 0 Å². The van der Waals surface area contributed by atoms with Gasteiger partial charge in [0, 0.05) is 58.8 Å². The molecule has 0 spiro atoms. The van der Waals surface area contributed by atoms with E-state index < -0.39 is 10.8 Å². The molecular weight excluding hydrogens is 266 g/mol. The standard InChI is InChI=1S/C13H17NO2S2/c15-7-2-1-3-12-4-8-17-13(12)11-14-5-9-18(16)10-6-14/h4,8,15H,2,5-7,9-11H2. The van der Waals surface area contributed by atoms with Gasteiger partial charge in [0.15, 0.2) is 0 Å². The first kappa shape index (κ1) is 13.8. The summed E-state index contributed by atoms with van der Waals surface area (Å²) < 4.78 is 11.3. The lowest BCUT2D eigenvalue weighted by molar-refractivity contribution is 0.294. The molecule has 2 rings (SSSR count). The molecule has 0 aromatic carbocycles. The van der Waals surface area contributed by atoms with Gasteiger partial charge in [0.25, 0.3) is 0 Å². The fraction of sp³-hybridized carbons (Fsp3) is 0.538. The molecule has 0 radical (unpaired) electrons. The maximum atomic E-state index is 11.3. The first-order valence-electron chi connectivity index (χ1n) is 6.03. The van der Waals surface area contributed by atoms with Crippen LogP contribution in [-0.4, -0.2) is 45.4 Å². The fourth-order valence-corrected chi connectivity index (χ4v) is 3.82. The molecule has 0 atom stereocenters. The molecule has 98 valence electrons. The molecule has 18 heavy (non-hydrogen) atoms. The Bertz CT molecular complexity index is 463. The van der Waals surface area contributed by atoms with E-state index in [1.54, 1.807) is 11.3 Å². The molecule has 1 aliphatic rings. The first-order chi connectivity index (χ1) is 8.79. The summed E-state index contributed by atoms with van der Waals surface area (Å²) in [5.41, 5.74) is 1.07. The lowest BCUT2D eigenvalue weighted by Crippen LogP contribution is -2.37. The van der Waals surface area contributed by atoms with E-state index in [0.29, 0.717) is 6.42 Å². The van der Waals surface area contributed by atoms with Gasteiger partial charge in [0.2, 0.25) is 0 Å². The van der Waals surface area contributed by atoms with E-state index in [1.807, 2.05) is 6.07 Å². The van der Waals surface area contributed by atoms with E-state index in [4.69, 9.17) is 5.11 Å². The van der Waals surface area contributed by atoms with Gasteiger partial charge in [-0.05, 0) is 11.4 Å². The molecule has 1 aromatic rings. The van der Waals surface area contributed by atoms with E-state index in [9.17, 15) is 4.21 Å². The predicted molar refractivity (Wildman–Crippen MR) is 76.1 cm³/mol. The summed E-state index contributed by atoms with van der Waals surface area (Å²) in [5.74, 6) is 7.65. The molecule has 2 heterocycles. The van der Waals surface area contributed by atoms with Crippen LogP contribution in [0.3, 0.4) is 0 Å². The molecule has 0 amide bonds. The molecule has 0 unspecified atom stereocenters. The first-order valence-corrected chi connectivity index (χ1v) is 8.40. The Labute approximate surface area is 114 Å². The van der Waals surface area contributed by atoms with Crippen molar-refractivity contribution in [3.8, 4) is 11.8 Å². The highest BCUT2D eigenvalue weighted by molar-refractivity contribution is 7.85. The van der Waals surface area contributed by atoms with Crippen molar-refractivity contribution in [2.24, 2.45) is 0 Å². The molecule has 1 aliphatic heterocycles. The second-order valence-corrected chi connectivity index (χ2v) is 6.85. The second kappa shape index (κ2) is 7.05. The Hall–Kier alpha value is -0.670. The number of thiophene rings is 1. The van der Waals surface area contributed by atoms with Crippen LogP contribution in [0, 0.1) is 11.8 Å². The van der Waals surface area contributed by atoms with Crippen molar-refractivity contribution in [3.63, 3.8) is 0 Å². The normalized spacial score (nSPS) is 17.4. The van der Waals surface area contributed by atoms with E-state index in [-0.39, 0.29) is 6.61 Å². The van der Waals surface area contributed by atoms with Crippen molar-refractivity contribution in [2.75, 3.05) is 31.2 Å². The maximum absolute atomic E-state index is 11.3. The van der Waals surface area contributed by atoms with Gasteiger partial charge >= 0.3 is 0 Å². The highest BCUT2D eigenvalue weighted by Crippen LogP contribution is 2.19. The lowest BCUT2D eigenvalue weighted by Gasteiger charge is -2.25. The van der Waals surface area contributed by atoms with Crippen LogP contribution in [-0.2, 0) is 17.3 Å². The third-order valence-corrected chi connectivity index (χ3v) is 5.02. The Morgan fingerprint density at radius 2 is 2.22 bits per heavy atom. The highest BCUT2D eigenvalue weighted by atomic mass is 32.2. The summed E-state index contributed by atoms with van der Waals surface area (Å²) in [4.78, 5) is 3.61. The Morgan fingerprint density at radius 1 is 1.44 bits per heavy atom. The average Bonchev–Trinajstić information content (AvgIpc) is 2.80. The van der Waals surface area contributed by atoms with Gasteiger partial charge in [0.05, 0.1) is 6.61 Å². The summed E-state index contributed by atoms with van der Waals surface area (Å²) in [7, 11) is -0.615. The highest BCUT2D eigenvalue weighted by Gasteiger charge is 2.16. The smallest absolute Gasteiger partial charge is 0.0540 e. The van der Waals surface area contributed by atoms with Gasteiger partial charge in [-0.15, -0.1) is 11.3 Å².